The van der Waals surface area contributed by atoms with Gasteiger partial charge in [-0.3, -0.25) is 9.59 Å². The summed E-state index contributed by atoms with van der Waals surface area (Å²) in [5.74, 6) is 0.226. The maximum absolute atomic E-state index is 13.4. The summed E-state index contributed by atoms with van der Waals surface area (Å²) in [6, 6.07) is 4.09. The third-order valence-corrected chi connectivity index (χ3v) is 4.85. The molecule has 130 valence electrons. The van der Waals surface area contributed by atoms with Crippen LogP contribution in [0.4, 0.5) is 10.1 Å². The topological polar surface area (TPSA) is 88.9 Å². The fourth-order valence-electron chi connectivity index (χ4n) is 3.55. The van der Waals surface area contributed by atoms with Crippen LogP contribution in [0.5, 0.6) is 0 Å². The summed E-state index contributed by atoms with van der Waals surface area (Å²) in [6.07, 6.45) is 1.59. The molecule has 2 aliphatic rings. The van der Waals surface area contributed by atoms with Gasteiger partial charge in [0.1, 0.15) is 17.5 Å². The highest BCUT2D eigenvalue weighted by Crippen LogP contribution is 2.33. The minimum absolute atomic E-state index is 0.0383. The second kappa shape index (κ2) is 5.94. The molecule has 0 fully saturated rings. The number of anilines is 1. The zero-order valence-electron chi connectivity index (χ0n) is 13.8. The summed E-state index contributed by atoms with van der Waals surface area (Å²) in [4.78, 5) is 24.7. The van der Waals surface area contributed by atoms with Gasteiger partial charge in [-0.25, -0.2) is 4.39 Å². The Bertz CT molecular complexity index is 863. The van der Waals surface area contributed by atoms with E-state index in [2.05, 4.69) is 20.8 Å². The molecule has 0 saturated heterocycles. The van der Waals surface area contributed by atoms with E-state index in [1.165, 1.54) is 12.1 Å². The van der Waals surface area contributed by atoms with Crippen LogP contribution in [0.25, 0.3) is 0 Å². The van der Waals surface area contributed by atoms with Crippen molar-refractivity contribution in [2.24, 2.45) is 0 Å². The summed E-state index contributed by atoms with van der Waals surface area (Å²) in [7, 11) is 0. The van der Waals surface area contributed by atoms with Crippen molar-refractivity contribution in [1.82, 2.24) is 20.1 Å². The molecule has 0 spiro atoms. The standard InChI is InChI=1S/C17H18FN5O2/c1-9-21-22-15-5-3-11(8-23(9)15)19-17(25)13-7-16(24)20-14-6-10(18)2-4-12(13)14/h2,4,6,11,13H,3,5,7-8H2,1H3,(H,19,25)(H,20,24)/t11-,13-/m0/s1. The lowest BCUT2D eigenvalue weighted by Gasteiger charge is -2.29. The second-order valence-electron chi connectivity index (χ2n) is 6.55. The quantitative estimate of drug-likeness (QED) is 0.860. The zero-order valence-corrected chi connectivity index (χ0v) is 13.8. The zero-order chi connectivity index (χ0) is 17.6. The normalized spacial score (nSPS) is 21.9. The molecule has 0 unspecified atom stereocenters. The number of rotatable bonds is 2. The molecule has 4 rings (SSSR count). The summed E-state index contributed by atoms with van der Waals surface area (Å²) < 4.78 is 15.4. The Morgan fingerprint density at radius 3 is 3.08 bits per heavy atom. The summed E-state index contributed by atoms with van der Waals surface area (Å²) in [6.45, 7) is 2.51. The maximum atomic E-state index is 13.4. The van der Waals surface area contributed by atoms with Gasteiger partial charge in [0.05, 0.1) is 5.92 Å². The molecule has 2 amide bonds. The van der Waals surface area contributed by atoms with E-state index in [0.717, 1.165) is 24.5 Å². The summed E-state index contributed by atoms with van der Waals surface area (Å²) in [5, 5.41) is 13.8. The Morgan fingerprint density at radius 2 is 2.24 bits per heavy atom. The predicted molar refractivity (Wildman–Crippen MR) is 87.4 cm³/mol. The molecule has 1 aromatic heterocycles. The Balaban J connectivity index is 1.52. The van der Waals surface area contributed by atoms with Crippen LogP contribution < -0.4 is 10.6 Å². The minimum Gasteiger partial charge on any atom is -0.351 e. The number of carbonyl (C=O) groups excluding carboxylic acids is 2. The van der Waals surface area contributed by atoms with E-state index in [0.29, 0.717) is 17.8 Å². The van der Waals surface area contributed by atoms with Gasteiger partial charge in [-0.05, 0) is 31.0 Å². The first kappa shape index (κ1) is 15.7. The number of amides is 2. The van der Waals surface area contributed by atoms with Crippen molar-refractivity contribution in [3.05, 3.63) is 41.2 Å². The van der Waals surface area contributed by atoms with E-state index in [-0.39, 0.29) is 24.3 Å². The van der Waals surface area contributed by atoms with Crippen LogP contribution in [0.15, 0.2) is 18.2 Å². The van der Waals surface area contributed by atoms with Crippen LogP contribution in [0.2, 0.25) is 0 Å². The molecule has 0 saturated carbocycles. The lowest BCUT2D eigenvalue weighted by molar-refractivity contribution is -0.127. The van der Waals surface area contributed by atoms with Crippen LogP contribution >= 0.6 is 0 Å². The fraction of sp³-hybridized carbons (Fsp3) is 0.412. The molecule has 8 heteroatoms. The SMILES string of the molecule is Cc1nnc2n1C[C@@H](NC(=O)[C@H]1CC(=O)Nc3cc(F)ccc31)CC2. The van der Waals surface area contributed by atoms with Crippen molar-refractivity contribution in [1.29, 1.82) is 0 Å². The number of benzene rings is 1. The monoisotopic (exact) mass is 343 g/mol. The number of aryl methyl sites for hydroxylation is 2. The Labute approximate surface area is 143 Å². The van der Waals surface area contributed by atoms with Gasteiger partial charge in [-0.15, -0.1) is 10.2 Å². The number of fused-ring (bicyclic) bond motifs is 2. The van der Waals surface area contributed by atoms with Gasteiger partial charge in [-0.1, -0.05) is 6.07 Å². The van der Waals surface area contributed by atoms with Crippen LogP contribution in [0, 0.1) is 12.7 Å². The van der Waals surface area contributed by atoms with Crippen LogP contribution in [-0.2, 0) is 22.6 Å². The van der Waals surface area contributed by atoms with Gasteiger partial charge in [0.15, 0.2) is 0 Å². The van der Waals surface area contributed by atoms with Gasteiger partial charge < -0.3 is 15.2 Å². The predicted octanol–water partition coefficient (Wildman–Crippen LogP) is 1.28. The van der Waals surface area contributed by atoms with Gasteiger partial charge in [0, 0.05) is 31.1 Å². The average molecular weight is 343 g/mol. The second-order valence-corrected chi connectivity index (χ2v) is 6.55. The summed E-state index contributed by atoms with van der Waals surface area (Å²) in [5.41, 5.74) is 1.02. The highest BCUT2D eigenvalue weighted by molar-refractivity contribution is 6.01. The van der Waals surface area contributed by atoms with E-state index < -0.39 is 11.7 Å². The van der Waals surface area contributed by atoms with Crippen molar-refractivity contribution >= 4 is 17.5 Å². The molecule has 2 aromatic rings. The van der Waals surface area contributed by atoms with E-state index in [4.69, 9.17) is 0 Å². The van der Waals surface area contributed by atoms with Crippen molar-refractivity contribution < 1.29 is 14.0 Å². The molecular formula is C17H18FN5O2. The molecule has 3 heterocycles. The number of carbonyl (C=O) groups is 2. The van der Waals surface area contributed by atoms with Gasteiger partial charge >= 0.3 is 0 Å². The number of halogens is 1. The Morgan fingerprint density at radius 1 is 1.40 bits per heavy atom. The van der Waals surface area contributed by atoms with Crippen LogP contribution in [-0.4, -0.2) is 32.6 Å². The molecular weight excluding hydrogens is 325 g/mol. The molecule has 2 atom stereocenters. The molecule has 25 heavy (non-hydrogen) atoms. The number of nitrogens with zero attached hydrogens (tertiary/aromatic N) is 3. The largest absolute Gasteiger partial charge is 0.351 e. The van der Waals surface area contributed by atoms with Gasteiger partial charge in [0.25, 0.3) is 0 Å². The van der Waals surface area contributed by atoms with Crippen molar-refractivity contribution in [3.8, 4) is 0 Å². The van der Waals surface area contributed by atoms with E-state index in [9.17, 15) is 14.0 Å². The lowest BCUT2D eigenvalue weighted by atomic mass is 9.89. The molecule has 0 radical (unpaired) electrons. The molecule has 2 aliphatic heterocycles. The third-order valence-electron chi connectivity index (χ3n) is 4.85. The summed E-state index contributed by atoms with van der Waals surface area (Å²) >= 11 is 0. The third kappa shape index (κ3) is 2.88. The Kier molecular flexibility index (Phi) is 3.74. The Hall–Kier alpha value is -2.77. The number of aromatic nitrogens is 3. The van der Waals surface area contributed by atoms with Crippen LogP contribution in [0.1, 0.15) is 36.0 Å². The van der Waals surface area contributed by atoms with Crippen molar-refractivity contribution in [3.63, 3.8) is 0 Å². The van der Waals surface area contributed by atoms with Crippen molar-refractivity contribution in [2.75, 3.05) is 5.32 Å². The highest BCUT2D eigenvalue weighted by atomic mass is 19.1. The molecule has 7 nitrogen and oxygen atoms in total. The minimum atomic E-state index is -0.604. The first-order chi connectivity index (χ1) is 12.0. The molecule has 0 bridgehead atoms. The average Bonchev–Trinajstić information content (AvgIpc) is 2.94. The van der Waals surface area contributed by atoms with Gasteiger partial charge in [0.2, 0.25) is 11.8 Å². The molecule has 0 aliphatic carbocycles. The van der Waals surface area contributed by atoms with Crippen molar-refractivity contribution in [2.45, 2.75) is 44.7 Å². The molecule has 2 N–H and O–H groups in total. The number of hydrogen-bond donors (Lipinski definition) is 2. The highest BCUT2D eigenvalue weighted by Gasteiger charge is 2.33. The number of hydrogen-bond acceptors (Lipinski definition) is 4. The smallest absolute Gasteiger partial charge is 0.228 e. The van der Waals surface area contributed by atoms with Crippen LogP contribution in [0.3, 0.4) is 0 Å². The van der Waals surface area contributed by atoms with E-state index >= 15 is 0 Å². The van der Waals surface area contributed by atoms with E-state index in [1.54, 1.807) is 6.07 Å². The van der Waals surface area contributed by atoms with Gasteiger partial charge in [-0.2, -0.15) is 0 Å². The fourth-order valence-corrected chi connectivity index (χ4v) is 3.55. The lowest BCUT2D eigenvalue weighted by Crippen LogP contribution is -2.44. The molecule has 1 aromatic carbocycles. The number of nitrogens with one attached hydrogen (secondary N) is 2. The first-order valence-electron chi connectivity index (χ1n) is 8.29. The maximum Gasteiger partial charge on any atom is 0.228 e. The first-order valence-corrected chi connectivity index (χ1v) is 8.29. The van der Waals surface area contributed by atoms with E-state index in [1.807, 2.05) is 11.5 Å².